The Morgan fingerprint density at radius 2 is 0.323 bits per heavy atom. The molecule has 1 aliphatic rings. The van der Waals surface area contributed by atoms with Gasteiger partial charge in [-0.1, -0.05) is 91.0 Å². The van der Waals surface area contributed by atoms with Gasteiger partial charge in [-0.15, -0.1) is 0 Å². The lowest BCUT2D eigenvalue weighted by Crippen LogP contribution is -2.24. The summed E-state index contributed by atoms with van der Waals surface area (Å²) in [5.74, 6) is 1.79. The smallest absolute Gasteiger partial charge is 0.241 e. The molecule has 11 rings (SSSR count). The summed E-state index contributed by atoms with van der Waals surface area (Å²) < 4.78 is 0. The molecule has 1 aliphatic heterocycles. The van der Waals surface area contributed by atoms with Crippen molar-refractivity contribution in [3.8, 4) is 0 Å². The molecule has 6 heterocycles. The van der Waals surface area contributed by atoms with Crippen LogP contribution in [0.5, 0.6) is 0 Å². The molecule has 65 heavy (non-hydrogen) atoms. The highest BCUT2D eigenvalue weighted by atomic mass is 15.5. The lowest BCUT2D eigenvalue weighted by molar-refractivity contribution is 0.891. The molecular weight excluding hydrogens is 821 g/mol. The monoisotopic (exact) mass is 850 g/mol. The summed E-state index contributed by atoms with van der Waals surface area (Å²) in [4.78, 5) is 80.5. The van der Waals surface area contributed by atoms with Crippen LogP contribution in [-0.2, 0) is 0 Å². The van der Waals surface area contributed by atoms with Crippen LogP contribution in [-0.4, -0.2) is 74.8 Å². The van der Waals surface area contributed by atoms with Crippen LogP contribution in [0, 0.1) is 0 Å². The van der Waals surface area contributed by atoms with Gasteiger partial charge in [-0.3, -0.25) is 0 Å². The fraction of sp³-hybridized carbons (Fsp3) is 0. The van der Waals surface area contributed by atoms with E-state index >= 15 is 0 Å². The number of nitrogens with zero attached hydrogens (tertiary/aromatic N) is 20. The maximum absolute atomic E-state index is 5.05. The first-order valence-electron chi connectivity index (χ1n) is 20.0. The second-order valence-electron chi connectivity index (χ2n) is 13.8. The van der Waals surface area contributed by atoms with Crippen molar-refractivity contribution in [3.05, 3.63) is 183 Å². The van der Waals surface area contributed by atoms with E-state index in [1.54, 1.807) is 24.5 Å². The number of hydrogen-bond acceptors (Lipinski definition) is 20. The molecule has 5 aromatic heterocycles. The first-order chi connectivity index (χ1) is 32.2. The van der Waals surface area contributed by atoms with Crippen LogP contribution in [0.1, 0.15) is 0 Å². The molecule has 0 atom stereocenters. The molecular formula is C45H30N20. The minimum Gasteiger partial charge on any atom is -0.246 e. The maximum atomic E-state index is 5.05. The third-order valence-corrected chi connectivity index (χ3v) is 9.80. The van der Waals surface area contributed by atoms with Crippen molar-refractivity contribution < 1.29 is 0 Å². The number of fused-ring (bicyclic) bond motifs is 10. The summed E-state index contributed by atoms with van der Waals surface area (Å²) in [5, 5.41) is 0. The normalized spacial score (nSPS) is 12.5. The molecule has 0 radical (unpaired) electrons. The lowest BCUT2D eigenvalue weighted by Gasteiger charge is -2.27. The van der Waals surface area contributed by atoms with E-state index in [4.69, 9.17) is 24.9 Å². The summed E-state index contributed by atoms with van der Waals surface area (Å²) in [6.07, 6.45) is 7.03. The topological polar surface area (TPSA) is 210 Å². The van der Waals surface area contributed by atoms with Gasteiger partial charge in [0.25, 0.3) is 0 Å². The first-order valence-corrected chi connectivity index (χ1v) is 20.0. The van der Waals surface area contributed by atoms with Gasteiger partial charge in [-0.25, -0.2) is 74.3 Å². The SMILES string of the molecule is c1ccc(N2c3ncnc(n3)N(c3ccccc3)c3ncnc(n3)N(c3ccccc3)c3ncnc(n3)N(c3ccccc3)c3ncnc(n3)N(c3ccccc3)c3ncnc2n3)cc1. The average Bonchev–Trinajstić information content (AvgIpc) is 3.37. The quantitative estimate of drug-likeness (QED) is 0.159. The van der Waals surface area contributed by atoms with Gasteiger partial charge in [0, 0.05) is 0 Å². The molecule has 10 aromatic rings. The van der Waals surface area contributed by atoms with Gasteiger partial charge in [0.15, 0.2) is 0 Å². The summed E-state index contributed by atoms with van der Waals surface area (Å²) in [6, 6.07) is 47.5. The van der Waals surface area contributed by atoms with Gasteiger partial charge in [0.2, 0.25) is 59.5 Å². The van der Waals surface area contributed by atoms with E-state index in [0.29, 0.717) is 28.4 Å². The van der Waals surface area contributed by atoms with E-state index in [-0.39, 0.29) is 59.5 Å². The van der Waals surface area contributed by atoms with E-state index in [0.717, 1.165) is 0 Å². The molecule has 0 saturated carbocycles. The van der Waals surface area contributed by atoms with Crippen LogP contribution in [0.3, 0.4) is 0 Å². The fourth-order valence-electron chi connectivity index (χ4n) is 6.96. The van der Waals surface area contributed by atoms with Crippen LogP contribution in [0.2, 0.25) is 0 Å². The van der Waals surface area contributed by atoms with Crippen molar-refractivity contribution in [2.45, 2.75) is 0 Å². The Morgan fingerprint density at radius 1 is 0.185 bits per heavy atom. The molecule has 0 spiro atoms. The maximum Gasteiger partial charge on any atom is 0.241 e. The molecule has 20 nitrogen and oxygen atoms in total. The van der Waals surface area contributed by atoms with Crippen molar-refractivity contribution in [1.82, 2.24) is 74.8 Å². The third-order valence-electron chi connectivity index (χ3n) is 9.80. The van der Waals surface area contributed by atoms with E-state index in [9.17, 15) is 0 Å². The minimum absolute atomic E-state index is 0.179. The number of anilines is 15. The zero-order chi connectivity index (χ0) is 43.4. The van der Waals surface area contributed by atoms with Crippen LogP contribution in [0.25, 0.3) is 0 Å². The Morgan fingerprint density at radius 3 is 0.462 bits per heavy atom. The van der Waals surface area contributed by atoms with Crippen molar-refractivity contribution in [3.63, 3.8) is 0 Å². The number of aromatic nitrogens is 15. The Kier molecular flexibility index (Phi) is 9.90. The van der Waals surface area contributed by atoms with Crippen molar-refractivity contribution in [1.29, 1.82) is 0 Å². The van der Waals surface area contributed by atoms with Gasteiger partial charge in [-0.2, -0.15) is 24.9 Å². The van der Waals surface area contributed by atoms with Crippen molar-refractivity contribution >= 4 is 87.9 Å². The van der Waals surface area contributed by atoms with Crippen LogP contribution < -0.4 is 24.5 Å². The highest BCUT2D eigenvalue weighted by molar-refractivity contribution is 5.77. The number of para-hydroxylation sites is 5. The van der Waals surface area contributed by atoms with Crippen molar-refractivity contribution in [2.24, 2.45) is 0 Å². The second-order valence-corrected chi connectivity index (χ2v) is 13.8. The zero-order valence-electron chi connectivity index (χ0n) is 33.8. The largest absolute Gasteiger partial charge is 0.246 e. The molecule has 0 unspecified atom stereocenters. The summed E-state index contributed by atoms with van der Waals surface area (Å²) in [5.41, 5.74) is 3.25. The van der Waals surface area contributed by atoms with Crippen molar-refractivity contribution in [2.75, 3.05) is 24.5 Å². The Labute approximate surface area is 369 Å². The molecule has 310 valence electrons. The summed E-state index contributed by atoms with van der Waals surface area (Å²) in [6.45, 7) is 0. The van der Waals surface area contributed by atoms with E-state index in [1.807, 2.05) is 152 Å². The van der Waals surface area contributed by atoms with Crippen LogP contribution >= 0.6 is 0 Å². The minimum atomic E-state index is 0.179. The average molecular weight is 851 g/mol. The second kappa shape index (κ2) is 16.9. The predicted octanol–water partition coefficient (Wildman–Crippen LogP) is 8.27. The van der Waals surface area contributed by atoms with Crippen LogP contribution in [0.4, 0.5) is 87.9 Å². The van der Waals surface area contributed by atoms with Gasteiger partial charge in [0.05, 0.1) is 28.4 Å². The van der Waals surface area contributed by atoms with E-state index in [1.165, 1.54) is 31.6 Å². The Balaban J connectivity index is 1.21. The van der Waals surface area contributed by atoms with Gasteiger partial charge in [-0.05, 0) is 60.7 Å². The lowest BCUT2D eigenvalue weighted by atomic mass is 10.3. The Bertz CT molecular complexity index is 2610. The number of hydrogen-bond donors (Lipinski definition) is 0. The number of rotatable bonds is 5. The predicted molar refractivity (Wildman–Crippen MR) is 240 cm³/mol. The molecule has 0 fully saturated rings. The highest BCUT2D eigenvalue weighted by Gasteiger charge is 2.29. The third kappa shape index (κ3) is 7.50. The van der Waals surface area contributed by atoms with Gasteiger partial charge >= 0.3 is 0 Å². The molecule has 0 N–H and O–H groups in total. The van der Waals surface area contributed by atoms with Gasteiger partial charge < -0.3 is 0 Å². The molecule has 10 bridgehead atoms. The highest BCUT2D eigenvalue weighted by Crippen LogP contribution is 2.39. The number of benzene rings is 5. The van der Waals surface area contributed by atoms with Gasteiger partial charge in [0.1, 0.15) is 31.6 Å². The fourth-order valence-corrected chi connectivity index (χ4v) is 6.96. The van der Waals surface area contributed by atoms with E-state index in [2.05, 4.69) is 49.8 Å². The standard InChI is InChI=1S/C45H30N20/c1-6-16-31(17-7-1)61-36-46-26-48-38(56-36)62(32-18-8-2-9-19-32)40-50-28-52-42(58-40)64(34-22-12-4-13-23-34)44-54-30-55-45(60-44)65(35-24-14-5-15-25-35)43-53-29-51-41(59-43)63(33-20-10-3-11-21-33)39-49-27-47-37(61)57-39/h1-30H. The zero-order valence-corrected chi connectivity index (χ0v) is 33.8. The molecule has 20 heteroatoms. The molecule has 0 aliphatic carbocycles. The first kappa shape index (κ1) is 38.1. The summed E-state index contributed by atoms with van der Waals surface area (Å²) in [7, 11) is 0. The summed E-state index contributed by atoms with van der Waals surface area (Å²) >= 11 is 0. The van der Waals surface area contributed by atoms with E-state index < -0.39 is 0 Å². The Hall–Kier alpha value is -9.85. The molecule has 0 amide bonds. The van der Waals surface area contributed by atoms with Crippen LogP contribution in [0.15, 0.2) is 183 Å². The molecule has 5 aromatic carbocycles. The molecule has 0 saturated heterocycles.